The number of amides is 1. The third-order valence-corrected chi connectivity index (χ3v) is 8.75. The number of dihydropyridines is 1. The maximum absolute atomic E-state index is 11.0. The Bertz CT molecular complexity index is 823. The van der Waals surface area contributed by atoms with Gasteiger partial charge in [-0.25, -0.2) is 0 Å². The van der Waals surface area contributed by atoms with Crippen LogP contribution >= 0.6 is 0 Å². The molecule has 238 valence electrons. The Labute approximate surface area is 264 Å². The fourth-order valence-electron chi connectivity index (χ4n) is 5.85. The van der Waals surface area contributed by atoms with Crippen LogP contribution in [0.3, 0.4) is 0 Å². The molecule has 0 radical (unpaired) electrons. The summed E-state index contributed by atoms with van der Waals surface area (Å²) in [5, 5.41) is 30.5. The fourth-order valence-corrected chi connectivity index (χ4v) is 5.85. The van der Waals surface area contributed by atoms with Gasteiger partial charge in [0.1, 0.15) is 0 Å². The molecule has 3 fully saturated rings. The zero-order valence-corrected chi connectivity index (χ0v) is 28.4. The summed E-state index contributed by atoms with van der Waals surface area (Å²) in [4.78, 5) is 14.5. The molecular weight excluding hydrogens is 607 g/mol. The number of nitrogens with one attached hydrogen (secondary N) is 2. The second kappa shape index (κ2) is 18.4. The molecule has 0 aromatic rings. The number of carbonyl (C=O) groups is 1. The molecule has 2 N–H and O–H groups in total. The minimum atomic E-state index is -0.142. The van der Waals surface area contributed by atoms with Gasteiger partial charge in [-0.05, 0) is 52.8 Å². The normalized spacial score (nSPS) is 28.7. The Morgan fingerprint density at radius 3 is 1.93 bits per heavy atom. The molecule has 0 aromatic heterocycles. The molecule has 0 bridgehead atoms. The Morgan fingerprint density at radius 1 is 0.976 bits per heavy atom. The maximum Gasteiger partial charge on any atom is 2.00 e. The van der Waals surface area contributed by atoms with E-state index < -0.39 is 0 Å². The van der Waals surface area contributed by atoms with Gasteiger partial charge in [-0.2, -0.15) is 12.1 Å². The molecule has 41 heavy (non-hydrogen) atoms. The van der Waals surface area contributed by atoms with Crippen LogP contribution in [0.1, 0.15) is 80.1 Å². The minimum Gasteiger partial charge on any atom is -0.859 e. The molecule has 5 unspecified atom stereocenters. The third-order valence-electron chi connectivity index (χ3n) is 8.75. The molecule has 9 heteroatoms. The molecule has 4 aliphatic heterocycles. The third kappa shape index (κ3) is 13.3. The van der Waals surface area contributed by atoms with Crippen molar-refractivity contribution in [2.45, 2.75) is 92.2 Å². The minimum absolute atomic E-state index is 0. The first-order valence-corrected chi connectivity index (χ1v) is 15.3. The number of nitrogens with zero attached hydrogens (tertiary/aromatic N) is 4. The van der Waals surface area contributed by atoms with Gasteiger partial charge in [0, 0.05) is 26.6 Å². The smallest absolute Gasteiger partial charge is 0.859 e. The Morgan fingerprint density at radius 2 is 1.54 bits per heavy atom. The summed E-state index contributed by atoms with van der Waals surface area (Å²) in [5.41, 5.74) is 1.56. The summed E-state index contributed by atoms with van der Waals surface area (Å²) in [5.74, 6) is 1.78. The van der Waals surface area contributed by atoms with Gasteiger partial charge in [0.25, 0.3) is 0 Å². The average molecular weight is 663 g/mol. The molecule has 5 atom stereocenters. The molecule has 0 spiro atoms. The van der Waals surface area contributed by atoms with Crippen LogP contribution in [0.4, 0.5) is 0 Å². The number of allylic oxidation sites excluding steroid dienone is 2. The molecule has 4 aliphatic rings. The van der Waals surface area contributed by atoms with Crippen LogP contribution in [0.5, 0.6) is 0 Å². The van der Waals surface area contributed by atoms with Crippen LogP contribution in [0.2, 0.25) is 0 Å². The first-order chi connectivity index (χ1) is 18.9. The van der Waals surface area contributed by atoms with Crippen molar-refractivity contribution in [3.63, 3.8) is 0 Å². The summed E-state index contributed by atoms with van der Waals surface area (Å²) in [6.07, 6.45) is 12.5. The van der Waals surface area contributed by atoms with Gasteiger partial charge >= 0.3 is 20.4 Å². The Kier molecular flexibility index (Phi) is 17.0. The van der Waals surface area contributed by atoms with Crippen molar-refractivity contribution in [1.29, 1.82) is 0 Å². The number of piperidine rings is 3. The van der Waals surface area contributed by atoms with Gasteiger partial charge in [0.15, 0.2) is 0 Å². The Balaban J connectivity index is 0.000000337. The van der Waals surface area contributed by atoms with Gasteiger partial charge in [-0.3, -0.25) is 4.79 Å². The maximum atomic E-state index is 11.0. The van der Waals surface area contributed by atoms with Crippen molar-refractivity contribution < 1.29 is 30.3 Å². The molecule has 0 aliphatic carbocycles. The molecule has 4 rings (SSSR count). The van der Waals surface area contributed by atoms with Crippen molar-refractivity contribution in [3.8, 4) is 0 Å². The zero-order chi connectivity index (χ0) is 29.8. The van der Waals surface area contributed by atoms with E-state index in [2.05, 4.69) is 62.5 Å². The number of carbonyl (C=O) groups excluding carboxylic acids is 1. The van der Waals surface area contributed by atoms with Crippen LogP contribution in [-0.2, 0) is 25.2 Å². The molecule has 0 aromatic carbocycles. The van der Waals surface area contributed by atoms with Crippen molar-refractivity contribution in [1.82, 2.24) is 10.6 Å². The molecule has 8 nitrogen and oxygen atoms in total. The van der Waals surface area contributed by atoms with E-state index in [-0.39, 0.29) is 38.1 Å². The largest absolute Gasteiger partial charge is 2.00 e. The molecule has 1 amide bonds. The number of aliphatic imine (C=N–C) groups is 1. The first kappa shape index (κ1) is 37.8. The first-order valence-electron chi connectivity index (χ1n) is 15.3. The quantitative estimate of drug-likeness (QED) is 0.242. The monoisotopic (exact) mass is 662 g/mol. The van der Waals surface area contributed by atoms with Crippen LogP contribution in [0, 0.1) is 28.6 Å². The van der Waals surface area contributed by atoms with Crippen LogP contribution in [0.25, 0.3) is 16.0 Å². The summed E-state index contributed by atoms with van der Waals surface area (Å²) in [6.45, 7) is 18.7. The van der Waals surface area contributed by atoms with E-state index in [4.69, 9.17) is 10.6 Å². The standard InChI is InChI=1S/C18H34N2.C7H13N2O.C7H10N2O.Pd/c1-17(2,3)13-7-9-19-15(11-13)16-12-14(8-10-20-16)18(4,5)6;2*1-8-7(10)6-3-2-4-9-5-6;/h13-16H,7-12H2,1-6H3;6H,2-5H2,1H3,(H,8,10);2-4,9H,5H2,1H3,(H,8,10);/q-2;-1;;+2/p-1. The van der Waals surface area contributed by atoms with E-state index in [1.165, 1.54) is 32.7 Å². The van der Waals surface area contributed by atoms with Crippen LogP contribution < -0.4 is 15.7 Å². The van der Waals surface area contributed by atoms with Gasteiger partial charge in [-0.15, -0.1) is 26.2 Å². The van der Waals surface area contributed by atoms with Gasteiger partial charge in [0.05, 0.1) is 0 Å². The predicted molar refractivity (Wildman–Crippen MR) is 167 cm³/mol. The van der Waals surface area contributed by atoms with Crippen molar-refractivity contribution >= 4 is 11.8 Å². The van der Waals surface area contributed by atoms with E-state index in [1.54, 1.807) is 25.4 Å². The molecule has 3 saturated heterocycles. The van der Waals surface area contributed by atoms with Gasteiger partial charge in [-0.1, -0.05) is 79.7 Å². The van der Waals surface area contributed by atoms with Crippen LogP contribution in [-0.4, -0.2) is 70.7 Å². The molecular formula is C32H56N6O2Pd-2. The number of hydrogen-bond acceptors (Lipinski definition) is 4. The van der Waals surface area contributed by atoms with Crippen molar-refractivity contribution in [3.05, 3.63) is 39.9 Å². The Hall–Kier alpha value is -1.24. The molecule has 4 heterocycles. The summed E-state index contributed by atoms with van der Waals surface area (Å²) < 4.78 is 0. The van der Waals surface area contributed by atoms with E-state index in [0.717, 1.165) is 50.9 Å². The van der Waals surface area contributed by atoms with E-state index in [9.17, 15) is 9.90 Å². The van der Waals surface area contributed by atoms with Crippen molar-refractivity contribution in [2.24, 2.45) is 33.6 Å². The summed E-state index contributed by atoms with van der Waals surface area (Å²) in [7, 11) is 3.18. The van der Waals surface area contributed by atoms with E-state index >= 15 is 0 Å². The summed E-state index contributed by atoms with van der Waals surface area (Å²) in [6, 6.07) is 0.997. The SMILES string of the molecule is CC(C)(C)C1CC[N-]C(C2CC(C(C)(C)C)CC[N-]2)C1.CN=C([O-])C1=CC=CNC1.CNC(=O)C1CCC[N-]C1.[Pd+2]. The fraction of sp³-hybridized carbons (Fsp3) is 0.812. The summed E-state index contributed by atoms with van der Waals surface area (Å²) >= 11 is 0. The second-order valence-corrected chi connectivity index (χ2v) is 13.7. The molecule has 0 saturated carbocycles. The topological polar surface area (TPSA) is 119 Å². The van der Waals surface area contributed by atoms with E-state index in [1.807, 2.05) is 0 Å². The zero-order valence-electron chi connectivity index (χ0n) is 26.8. The number of hydrogen-bond donors (Lipinski definition) is 2. The van der Waals surface area contributed by atoms with Gasteiger partial charge in [0.2, 0.25) is 5.91 Å². The van der Waals surface area contributed by atoms with Gasteiger partial charge < -0.3 is 36.7 Å². The van der Waals surface area contributed by atoms with Crippen molar-refractivity contribution in [2.75, 3.05) is 46.8 Å². The van der Waals surface area contributed by atoms with E-state index in [0.29, 0.717) is 35.0 Å². The van der Waals surface area contributed by atoms with Crippen LogP contribution in [0.15, 0.2) is 28.9 Å². The second-order valence-electron chi connectivity index (χ2n) is 13.7. The number of rotatable bonds is 3. The predicted octanol–water partition coefficient (Wildman–Crippen LogP) is 5.32. The average Bonchev–Trinajstić information content (AvgIpc) is 2.97.